The Labute approximate surface area is 104 Å². The van der Waals surface area contributed by atoms with Crippen LogP contribution >= 0.6 is 0 Å². The van der Waals surface area contributed by atoms with Crippen molar-refractivity contribution in [2.45, 2.75) is 45.2 Å². The highest BCUT2D eigenvalue weighted by atomic mass is 16.5. The van der Waals surface area contributed by atoms with Crippen LogP contribution < -0.4 is 11.5 Å². The Kier molecular flexibility index (Phi) is 7.34. The Balaban J connectivity index is 4.62. The van der Waals surface area contributed by atoms with E-state index in [-0.39, 0.29) is 0 Å². The lowest BCUT2D eigenvalue weighted by molar-refractivity contribution is -0.123. The second kappa shape index (κ2) is 7.63. The van der Waals surface area contributed by atoms with Gasteiger partial charge in [-0.05, 0) is 19.8 Å². The highest BCUT2D eigenvalue weighted by Gasteiger charge is 2.30. The monoisotopic (exact) mass is 245 g/mol. The second-order valence-electron chi connectivity index (χ2n) is 4.72. The summed E-state index contributed by atoms with van der Waals surface area (Å²) < 4.78 is 5.09. The third-order valence-corrected chi connectivity index (χ3v) is 3.14. The molecule has 0 saturated heterocycles. The normalized spacial score (nSPS) is 15.2. The van der Waals surface area contributed by atoms with Crippen LogP contribution in [-0.2, 0) is 9.53 Å². The number of ether oxygens (including phenoxy) is 1. The van der Waals surface area contributed by atoms with Crippen molar-refractivity contribution in [1.29, 1.82) is 0 Å². The van der Waals surface area contributed by atoms with Gasteiger partial charge >= 0.3 is 0 Å². The lowest BCUT2D eigenvalue weighted by Crippen LogP contribution is -2.58. The molecule has 1 unspecified atom stereocenters. The van der Waals surface area contributed by atoms with Gasteiger partial charge in [-0.3, -0.25) is 9.69 Å². The van der Waals surface area contributed by atoms with Crippen LogP contribution in [0.2, 0.25) is 0 Å². The molecule has 0 fully saturated rings. The zero-order valence-electron chi connectivity index (χ0n) is 11.5. The molecular weight excluding hydrogens is 218 g/mol. The number of methoxy groups -OCH3 is 1. The van der Waals surface area contributed by atoms with Crippen LogP contribution in [0.4, 0.5) is 0 Å². The van der Waals surface area contributed by atoms with Crippen molar-refractivity contribution >= 4 is 5.91 Å². The van der Waals surface area contributed by atoms with Crippen LogP contribution in [0.25, 0.3) is 0 Å². The molecule has 5 heteroatoms. The standard InChI is InChI=1S/C12H27N3O2/c1-5-10(6-2)15(7-8-17-4)9-12(3,14)11(13)16/h10H,5-9,14H2,1-4H3,(H2,13,16). The number of carbonyl (C=O) groups is 1. The third-order valence-electron chi connectivity index (χ3n) is 3.14. The van der Waals surface area contributed by atoms with Gasteiger partial charge in [-0.2, -0.15) is 0 Å². The lowest BCUT2D eigenvalue weighted by atomic mass is 10.00. The molecule has 17 heavy (non-hydrogen) atoms. The molecule has 0 aliphatic carbocycles. The molecule has 0 aliphatic rings. The first-order chi connectivity index (χ1) is 7.88. The minimum atomic E-state index is -0.990. The molecule has 0 radical (unpaired) electrons. The fraction of sp³-hybridized carbons (Fsp3) is 0.917. The average molecular weight is 245 g/mol. The molecule has 0 aromatic heterocycles. The Morgan fingerprint density at radius 2 is 1.94 bits per heavy atom. The van der Waals surface area contributed by atoms with E-state index >= 15 is 0 Å². The minimum absolute atomic E-state index is 0.410. The van der Waals surface area contributed by atoms with Crippen LogP contribution in [0.5, 0.6) is 0 Å². The van der Waals surface area contributed by atoms with E-state index < -0.39 is 11.4 Å². The molecule has 5 nitrogen and oxygen atoms in total. The molecule has 0 spiro atoms. The van der Waals surface area contributed by atoms with E-state index in [9.17, 15) is 4.79 Å². The number of nitrogens with zero attached hydrogens (tertiary/aromatic N) is 1. The second-order valence-corrected chi connectivity index (χ2v) is 4.72. The highest BCUT2D eigenvalue weighted by Crippen LogP contribution is 2.12. The Bertz CT molecular complexity index is 228. The summed E-state index contributed by atoms with van der Waals surface area (Å²) in [4.78, 5) is 13.5. The van der Waals surface area contributed by atoms with Gasteiger partial charge in [0, 0.05) is 26.2 Å². The SMILES string of the molecule is CCC(CC)N(CCOC)CC(C)(N)C(N)=O. The minimum Gasteiger partial charge on any atom is -0.383 e. The molecule has 1 amide bonds. The smallest absolute Gasteiger partial charge is 0.238 e. The summed E-state index contributed by atoms with van der Waals surface area (Å²) >= 11 is 0. The summed E-state index contributed by atoms with van der Waals surface area (Å²) in [5, 5.41) is 0. The van der Waals surface area contributed by atoms with Gasteiger partial charge in [-0.25, -0.2) is 0 Å². The van der Waals surface area contributed by atoms with Crippen molar-refractivity contribution < 1.29 is 9.53 Å². The zero-order chi connectivity index (χ0) is 13.5. The molecule has 0 saturated carbocycles. The maximum absolute atomic E-state index is 11.3. The fourth-order valence-electron chi connectivity index (χ4n) is 1.90. The van der Waals surface area contributed by atoms with Gasteiger partial charge in [-0.1, -0.05) is 13.8 Å². The van der Waals surface area contributed by atoms with Crippen LogP contribution in [0.3, 0.4) is 0 Å². The molecule has 0 aromatic rings. The van der Waals surface area contributed by atoms with Gasteiger partial charge in [-0.15, -0.1) is 0 Å². The van der Waals surface area contributed by atoms with E-state index in [1.165, 1.54) is 0 Å². The maximum atomic E-state index is 11.3. The van der Waals surface area contributed by atoms with Crippen molar-refractivity contribution in [3.63, 3.8) is 0 Å². The largest absolute Gasteiger partial charge is 0.383 e. The summed E-state index contributed by atoms with van der Waals surface area (Å²) in [5.41, 5.74) is 10.2. The molecule has 0 heterocycles. The number of primary amides is 1. The topological polar surface area (TPSA) is 81.6 Å². The van der Waals surface area contributed by atoms with Crippen LogP contribution in [0.1, 0.15) is 33.6 Å². The summed E-state index contributed by atoms with van der Waals surface area (Å²) in [6.45, 7) is 7.81. The first kappa shape index (κ1) is 16.4. The van der Waals surface area contributed by atoms with E-state index in [4.69, 9.17) is 16.2 Å². The van der Waals surface area contributed by atoms with Gasteiger partial charge in [0.15, 0.2) is 0 Å². The van der Waals surface area contributed by atoms with Crippen molar-refractivity contribution in [3.8, 4) is 0 Å². The van der Waals surface area contributed by atoms with Gasteiger partial charge in [0.25, 0.3) is 0 Å². The molecule has 4 N–H and O–H groups in total. The van der Waals surface area contributed by atoms with Gasteiger partial charge in [0.05, 0.1) is 6.61 Å². The average Bonchev–Trinajstić information content (AvgIpc) is 2.26. The molecule has 0 rings (SSSR count). The highest BCUT2D eigenvalue weighted by molar-refractivity contribution is 5.84. The number of carbonyl (C=O) groups excluding carboxylic acids is 1. The summed E-state index contributed by atoms with van der Waals surface area (Å²) in [6.07, 6.45) is 2.05. The van der Waals surface area contributed by atoms with Gasteiger partial charge in [0.2, 0.25) is 5.91 Å². The Morgan fingerprint density at radius 3 is 2.29 bits per heavy atom. The van der Waals surface area contributed by atoms with E-state index in [0.29, 0.717) is 19.2 Å². The molecule has 0 bridgehead atoms. The van der Waals surface area contributed by atoms with Gasteiger partial charge in [0.1, 0.15) is 5.54 Å². The first-order valence-corrected chi connectivity index (χ1v) is 6.20. The first-order valence-electron chi connectivity index (χ1n) is 6.20. The van der Waals surface area contributed by atoms with E-state index in [1.54, 1.807) is 14.0 Å². The lowest BCUT2D eigenvalue weighted by Gasteiger charge is -2.35. The van der Waals surface area contributed by atoms with Crippen molar-refractivity contribution in [1.82, 2.24) is 4.90 Å². The molecule has 0 aromatic carbocycles. The molecule has 1 atom stereocenters. The predicted molar refractivity (Wildman–Crippen MR) is 69.6 cm³/mol. The third kappa shape index (κ3) is 5.48. The number of nitrogens with two attached hydrogens (primary N) is 2. The van der Waals surface area contributed by atoms with Gasteiger partial charge < -0.3 is 16.2 Å². The molecule has 102 valence electrons. The number of amides is 1. The van der Waals surface area contributed by atoms with E-state index in [2.05, 4.69) is 18.7 Å². The summed E-state index contributed by atoms with van der Waals surface area (Å²) in [7, 11) is 1.67. The van der Waals surface area contributed by atoms with Crippen molar-refractivity contribution in [2.24, 2.45) is 11.5 Å². The number of hydrogen-bond donors (Lipinski definition) is 2. The molecule has 0 aliphatic heterocycles. The van der Waals surface area contributed by atoms with Crippen molar-refractivity contribution in [3.05, 3.63) is 0 Å². The fourth-order valence-corrected chi connectivity index (χ4v) is 1.90. The maximum Gasteiger partial charge on any atom is 0.238 e. The predicted octanol–water partition coefficient (Wildman–Crippen LogP) is 0.326. The number of rotatable bonds is 9. The van der Waals surface area contributed by atoms with Crippen LogP contribution in [0, 0.1) is 0 Å². The summed E-state index contributed by atoms with van der Waals surface area (Å²) in [6, 6.07) is 0.410. The quantitative estimate of drug-likeness (QED) is 0.613. The number of hydrogen-bond acceptors (Lipinski definition) is 4. The molecular formula is C12H27N3O2. The van der Waals surface area contributed by atoms with E-state index in [0.717, 1.165) is 19.4 Å². The zero-order valence-corrected chi connectivity index (χ0v) is 11.5. The van der Waals surface area contributed by atoms with Crippen molar-refractivity contribution in [2.75, 3.05) is 26.8 Å². The Hall–Kier alpha value is -0.650. The van der Waals surface area contributed by atoms with Crippen LogP contribution in [-0.4, -0.2) is 49.2 Å². The van der Waals surface area contributed by atoms with E-state index in [1.807, 2.05) is 0 Å². The van der Waals surface area contributed by atoms with Crippen LogP contribution in [0.15, 0.2) is 0 Å². The Morgan fingerprint density at radius 1 is 1.41 bits per heavy atom. The summed E-state index contributed by atoms with van der Waals surface area (Å²) in [5.74, 6) is -0.467.